The Kier molecular flexibility index (Phi) is 8.08. The molecule has 2 rings (SSSR count). The standard InChI is InChI=1S/C20H27N5O3/c1-4-21-20(24-14-18(26)25(2)3)23-12-15-7-5-8-16(11-15)19(27)22-13-17-9-6-10-28-17/h5-11H,4,12-14H2,1-3H3,(H,22,27)(H2,21,23,24). The molecule has 0 spiro atoms. The molecule has 1 heterocycles. The van der Waals surface area contributed by atoms with Gasteiger partial charge in [-0.25, -0.2) is 4.99 Å². The van der Waals surface area contributed by atoms with E-state index in [1.54, 1.807) is 38.6 Å². The molecule has 0 aliphatic carbocycles. The van der Waals surface area contributed by atoms with Crippen molar-refractivity contribution in [3.63, 3.8) is 0 Å². The fourth-order valence-electron chi connectivity index (χ4n) is 2.32. The summed E-state index contributed by atoms with van der Waals surface area (Å²) >= 11 is 0. The van der Waals surface area contributed by atoms with E-state index in [4.69, 9.17) is 4.42 Å². The first-order chi connectivity index (χ1) is 13.5. The molecule has 0 atom stereocenters. The van der Waals surface area contributed by atoms with Crippen LogP contribution in [-0.2, 0) is 17.9 Å². The maximum Gasteiger partial charge on any atom is 0.251 e. The number of nitrogens with zero attached hydrogens (tertiary/aromatic N) is 2. The Bertz CT molecular complexity index is 800. The number of guanidine groups is 1. The highest BCUT2D eigenvalue weighted by molar-refractivity contribution is 5.94. The van der Waals surface area contributed by atoms with E-state index in [9.17, 15) is 9.59 Å². The average molecular weight is 385 g/mol. The third-order valence-corrected chi connectivity index (χ3v) is 3.86. The molecule has 0 saturated carbocycles. The SMILES string of the molecule is CCNC(=NCc1cccc(C(=O)NCc2ccco2)c1)NCC(=O)N(C)C. The van der Waals surface area contributed by atoms with Crippen molar-refractivity contribution >= 4 is 17.8 Å². The summed E-state index contributed by atoms with van der Waals surface area (Å²) in [6, 6.07) is 10.9. The van der Waals surface area contributed by atoms with Crippen molar-refractivity contribution in [3.8, 4) is 0 Å². The van der Waals surface area contributed by atoms with Crippen LogP contribution in [0, 0.1) is 0 Å². The lowest BCUT2D eigenvalue weighted by atomic mass is 10.1. The van der Waals surface area contributed by atoms with Crippen molar-refractivity contribution in [2.45, 2.75) is 20.0 Å². The summed E-state index contributed by atoms with van der Waals surface area (Å²) in [5.74, 6) is 1.03. The van der Waals surface area contributed by atoms with Crippen molar-refractivity contribution < 1.29 is 14.0 Å². The first-order valence-electron chi connectivity index (χ1n) is 9.11. The van der Waals surface area contributed by atoms with Crippen LogP contribution in [0.4, 0.5) is 0 Å². The molecule has 8 nitrogen and oxygen atoms in total. The maximum absolute atomic E-state index is 12.3. The number of aliphatic imine (C=N–C) groups is 1. The summed E-state index contributed by atoms with van der Waals surface area (Å²) in [6.07, 6.45) is 1.57. The number of likely N-dealkylation sites (N-methyl/N-ethyl adjacent to an activating group) is 1. The van der Waals surface area contributed by atoms with E-state index in [1.807, 2.05) is 25.1 Å². The van der Waals surface area contributed by atoms with Gasteiger partial charge in [-0.2, -0.15) is 0 Å². The summed E-state index contributed by atoms with van der Waals surface area (Å²) in [5.41, 5.74) is 1.45. The Hall–Kier alpha value is -3.29. The molecular weight excluding hydrogens is 358 g/mol. The third kappa shape index (κ3) is 6.79. The monoisotopic (exact) mass is 385 g/mol. The van der Waals surface area contributed by atoms with Crippen LogP contribution in [0.1, 0.15) is 28.6 Å². The summed E-state index contributed by atoms with van der Waals surface area (Å²) in [7, 11) is 3.41. The highest BCUT2D eigenvalue weighted by Gasteiger charge is 2.08. The topological polar surface area (TPSA) is 99.0 Å². The molecule has 8 heteroatoms. The van der Waals surface area contributed by atoms with E-state index < -0.39 is 0 Å². The van der Waals surface area contributed by atoms with Crippen LogP contribution in [0.2, 0.25) is 0 Å². The van der Waals surface area contributed by atoms with Gasteiger partial charge in [-0.05, 0) is 36.8 Å². The van der Waals surface area contributed by atoms with E-state index in [2.05, 4.69) is 20.9 Å². The highest BCUT2D eigenvalue weighted by atomic mass is 16.3. The summed E-state index contributed by atoms with van der Waals surface area (Å²) in [4.78, 5) is 30.0. The maximum atomic E-state index is 12.3. The first kappa shape index (κ1) is 21.0. The molecule has 0 aliphatic heterocycles. The van der Waals surface area contributed by atoms with Crippen molar-refractivity contribution in [1.29, 1.82) is 0 Å². The molecule has 0 aliphatic rings. The second-order valence-electron chi connectivity index (χ2n) is 6.30. The van der Waals surface area contributed by atoms with Crippen molar-refractivity contribution in [2.24, 2.45) is 4.99 Å². The largest absolute Gasteiger partial charge is 0.467 e. The van der Waals surface area contributed by atoms with Gasteiger partial charge in [-0.3, -0.25) is 9.59 Å². The molecule has 3 N–H and O–H groups in total. The molecule has 150 valence electrons. The van der Waals surface area contributed by atoms with Gasteiger partial charge in [0.05, 0.1) is 25.9 Å². The minimum Gasteiger partial charge on any atom is -0.467 e. The van der Waals surface area contributed by atoms with Gasteiger partial charge in [0.1, 0.15) is 5.76 Å². The van der Waals surface area contributed by atoms with E-state index in [0.29, 0.717) is 36.9 Å². The molecule has 1 aromatic carbocycles. The van der Waals surface area contributed by atoms with Gasteiger partial charge in [0, 0.05) is 26.2 Å². The minimum absolute atomic E-state index is 0.0409. The van der Waals surface area contributed by atoms with E-state index in [1.165, 1.54) is 4.90 Å². The summed E-state index contributed by atoms with van der Waals surface area (Å²) in [5, 5.41) is 8.92. The van der Waals surface area contributed by atoms with Gasteiger partial charge in [0.15, 0.2) is 5.96 Å². The van der Waals surface area contributed by atoms with Crippen LogP contribution in [0.15, 0.2) is 52.1 Å². The van der Waals surface area contributed by atoms with Crippen molar-refractivity contribution in [1.82, 2.24) is 20.9 Å². The van der Waals surface area contributed by atoms with Gasteiger partial charge in [0.2, 0.25) is 5.91 Å². The van der Waals surface area contributed by atoms with Gasteiger partial charge in [-0.1, -0.05) is 12.1 Å². The van der Waals surface area contributed by atoms with Crippen molar-refractivity contribution in [3.05, 3.63) is 59.5 Å². The Morgan fingerprint density at radius 3 is 2.61 bits per heavy atom. The summed E-state index contributed by atoms with van der Waals surface area (Å²) < 4.78 is 5.21. The van der Waals surface area contributed by atoms with Crippen LogP contribution in [0.5, 0.6) is 0 Å². The molecule has 0 saturated heterocycles. The van der Waals surface area contributed by atoms with Gasteiger partial charge < -0.3 is 25.3 Å². The van der Waals surface area contributed by atoms with Crippen LogP contribution in [0.3, 0.4) is 0 Å². The molecule has 0 unspecified atom stereocenters. The number of carbonyl (C=O) groups is 2. The predicted octanol–water partition coefficient (Wildman–Crippen LogP) is 1.35. The van der Waals surface area contributed by atoms with Gasteiger partial charge in [-0.15, -0.1) is 0 Å². The quantitative estimate of drug-likeness (QED) is 0.471. The second-order valence-corrected chi connectivity index (χ2v) is 6.30. The second kappa shape index (κ2) is 10.8. The van der Waals surface area contributed by atoms with E-state index in [0.717, 1.165) is 5.56 Å². The third-order valence-electron chi connectivity index (χ3n) is 3.86. The lowest BCUT2D eigenvalue weighted by molar-refractivity contribution is -0.127. The molecule has 28 heavy (non-hydrogen) atoms. The number of carbonyl (C=O) groups excluding carboxylic acids is 2. The highest BCUT2D eigenvalue weighted by Crippen LogP contribution is 2.08. The zero-order chi connectivity index (χ0) is 20.4. The fraction of sp³-hybridized carbons (Fsp3) is 0.350. The molecular formula is C20H27N5O3. The zero-order valence-electron chi connectivity index (χ0n) is 16.5. The normalized spacial score (nSPS) is 11.0. The lowest BCUT2D eigenvalue weighted by Crippen LogP contribution is -2.42. The van der Waals surface area contributed by atoms with Crippen LogP contribution < -0.4 is 16.0 Å². The summed E-state index contributed by atoms with van der Waals surface area (Å²) in [6.45, 7) is 3.51. The number of hydrogen-bond donors (Lipinski definition) is 3. The molecule has 2 amide bonds. The Morgan fingerprint density at radius 2 is 1.93 bits per heavy atom. The van der Waals surface area contributed by atoms with Crippen LogP contribution >= 0.6 is 0 Å². The molecule has 0 fully saturated rings. The molecule has 2 aromatic rings. The molecule has 0 radical (unpaired) electrons. The van der Waals surface area contributed by atoms with Gasteiger partial charge in [0.25, 0.3) is 5.91 Å². The smallest absolute Gasteiger partial charge is 0.251 e. The number of benzene rings is 1. The number of nitrogens with one attached hydrogen (secondary N) is 3. The number of furan rings is 1. The Balaban J connectivity index is 1.96. The van der Waals surface area contributed by atoms with Crippen LogP contribution in [-0.4, -0.2) is 49.9 Å². The van der Waals surface area contributed by atoms with E-state index in [-0.39, 0.29) is 18.4 Å². The molecule has 0 bridgehead atoms. The zero-order valence-corrected chi connectivity index (χ0v) is 16.5. The Morgan fingerprint density at radius 1 is 1.11 bits per heavy atom. The van der Waals surface area contributed by atoms with Crippen LogP contribution in [0.25, 0.3) is 0 Å². The fourth-order valence-corrected chi connectivity index (χ4v) is 2.32. The average Bonchev–Trinajstić information content (AvgIpc) is 3.21. The predicted molar refractivity (Wildman–Crippen MR) is 108 cm³/mol. The number of hydrogen-bond acceptors (Lipinski definition) is 4. The van der Waals surface area contributed by atoms with Crippen molar-refractivity contribution in [2.75, 3.05) is 27.2 Å². The number of amides is 2. The lowest BCUT2D eigenvalue weighted by Gasteiger charge is -2.14. The Labute approximate surface area is 165 Å². The van der Waals surface area contributed by atoms with E-state index >= 15 is 0 Å². The number of rotatable bonds is 8. The minimum atomic E-state index is -0.177. The van der Waals surface area contributed by atoms with Gasteiger partial charge >= 0.3 is 0 Å². The molecule has 1 aromatic heterocycles. The first-order valence-corrected chi connectivity index (χ1v) is 9.11.